The number of phosphoric acid groups is 1. The summed E-state index contributed by atoms with van der Waals surface area (Å²) in [7, 11) is -4.80. The molecule has 5 heterocycles. The molecular formula is C32H36N9O10P. The number of imidazole rings is 1. The molecule has 2 fully saturated rings. The second-order valence-corrected chi connectivity index (χ2v) is 13.6. The lowest BCUT2D eigenvalue weighted by Crippen LogP contribution is -2.31. The minimum Gasteiger partial charge on any atom is -0.374 e. The van der Waals surface area contributed by atoms with Gasteiger partial charge in [0.05, 0.1) is 38.9 Å². The Hall–Kier alpha value is -4.85. The van der Waals surface area contributed by atoms with Crippen LogP contribution in [-0.2, 0) is 45.8 Å². The van der Waals surface area contributed by atoms with Gasteiger partial charge in [0, 0.05) is 12.8 Å². The minimum absolute atomic E-state index is 0.0138. The first-order chi connectivity index (χ1) is 25.1. The zero-order valence-electron chi connectivity index (χ0n) is 27.5. The highest BCUT2D eigenvalue weighted by Gasteiger charge is 2.44. The summed E-state index contributed by atoms with van der Waals surface area (Å²) < 4.78 is 51.8. The van der Waals surface area contributed by atoms with E-state index in [4.69, 9.17) is 39.5 Å². The van der Waals surface area contributed by atoms with Crippen LogP contribution in [0.2, 0.25) is 0 Å². The van der Waals surface area contributed by atoms with E-state index in [1.165, 1.54) is 17.2 Å². The van der Waals surface area contributed by atoms with E-state index in [0.717, 1.165) is 15.7 Å². The van der Waals surface area contributed by atoms with Crippen molar-refractivity contribution in [2.75, 3.05) is 24.7 Å². The number of aromatic amines is 1. The van der Waals surface area contributed by atoms with E-state index in [-0.39, 0.29) is 55.7 Å². The number of rotatable bonds is 14. The van der Waals surface area contributed by atoms with E-state index in [1.54, 1.807) is 0 Å². The number of nitrogens with one attached hydrogen (secondary N) is 1. The van der Waals surface area contributed by atoms with Gasteiger partial charge in [-0.05, 0) is 11.1 Å². The molecule has 3 unspecified atom stereocenters. The number of nitrogen functional groups attached to an aromatic ring is 2. The normalized spacial score (nSPS) is 24.3. The molecule has 2 aliphatic heterocycles. The van der Waals surface area contributed by atoms with Crippen molar-refractivity contribution in [3.8, 4) is 0 Å². The molecule has 2 saturated heterocycles. The third-order valence-electron chi connectivity index (χ3n) is 8.55. The first-order valence-electron chi connectivity index (χ1n) is 16.3. The Kier molecular flexibility index (Phi) is 10.5. The van der Waals surface area contributed by atoms with Gasteiger partial charge in [0.15, 0.2) is 11.2 Å². The van der Waals surface area contributed by atoms with Gasteiger partial charge in [0.25, 0.3) is 5.56 Å². The van der Waals surface area contributed by atoms with Crippen molar-refractivity contribution >= 4 is 30.9 Å². The molecule has 0 bridgehead atoms. The molecule has 5 aromatic rings. The van der Waals surface area contributed by atoms with Crippen LogP contribution in [0.3, 0.4) is 0 Å². The summed E-state index contributed by atoms with van der Waals surface area (Å²) in [6.45, 7) is 0.0114. The van der Waals surface area contributed by atoms with Gasteiger partial charge >= 0.3 is 13.5 Å². The average molecular weight is 738 g/mol. The number of nitrogens with two attached hydrogens (primary N) is 2. The van der Waals surface area contributed by atoms with E-state index in [9.17, 15) is 19.0 Å². The van der Waals surface area contributed by atoms with Gasteiger partial charge < -0.3 is 35.3 Å². The third kappa shape index (κ3) is 8.27. The second-order valence-electron chi connectivity index (χ2n) is 12.2. The number of benzene rings is 2. The number of H-pyrrole nitrogens is 1. The van der Waals surface area contributed by atoms with Gasteiger partial charge in [-0.25, -0.2) is 19.3 Å². The maximum Gasteiger partial charge on any atom is 0.472 e. The van der Waals surface area contributed by atoms with Crippen LogP contribution in [0.4, 0.5) is 11.9 Å². The summed E-state index contributed by atoms with van der Waals surface area (Å²) >= 11 is 0. The van der Waals surface area contributed by atoms with E-state index >= 15 is 0 Å². The molecule has 7 rings (SSSR count). The summed E-state index contributed by atoms with van der Waals surface area (Å²) in [4.78, 5) is 54.2. The fourth-order valence-electron chi connectivity index (χ4n) is 6.05. The summed E-state index contributed by atoms with van der Waals surface area (Å²) in [6.07, 6.45) is -2.29. The summed E-state index contributed by atoms with van der Waals surface area (Å²) in [5.74, 6) is -0.302. The number of ether oxygens (including phenoxy) is 4. The Morgan fingerprint density at radius 1 is 0.846 bits per heavy atom. The molecule has 19 nitrogen and oxygen atoms in total. The van der Waals surface area contributed by atoms with Gasteiger partial charge in [-0.2, -0.15) is 9.97 Å². The number of anilines is 2. The van der Waals surface area contributed by atoms with E-state index < -0.39 is 62.6 Å². The monoisotopic (exact) mass is 737 g/mol. The van der Waals surface area contributed by atoms with Crippen molar-refractivity contribution in [2.45, 2.75) is 62.9 Å². The van der Waals surface area contributed by atoms with Crippen molar-refractivity contribution < 1.29 is 37.5 Å². The van der Waals surface area contributed by atoms with Crippen LogP contribution in [-0.4, -0.2) is 76.6 Å². The largest absolute Gasteiger partial charge is 0.472 e. The second kappa shape index (κ2) is 15.4. The van der Waals surface area contributed by atoms with Gasteiger partial charge in [-0.3, -0.25) is 28.0 Å². The average Bonchev–Trinajstić information content (AvgIpc) is 3.84. The maximum absolute atomic E-state index is 13.5. The van der Waals surface area contributed by atoms with Crippen molar-refractivity contribution in [3.05, 3.63) is 105 Å². The molecule has 6 N–H and O–H groups in total. The van der Waals surface area contributed by atoms with Crippen LogP contribution in [0.15, 0.2) is 82.9 Å². The Morgan fingerprint density at radius 3 is 2.19 bits per heavy atom. The number of nitrogens with zero attached hydrogens (tertiary/aromatic N) is 6. The molecule has 3 aromatic heterocycles. The molecule has 0 spiro atoms. The van der Waals surface area contributed by atoms with Gasteiger partial charge in [-0.15, -0.1) is 0 Å². The molecule has 274 valence electrons. The number of phosphoric ester groups is 1. The maximum atomic E-state index is 13.5. The molecule has 0 amide bonds. The molecular weight excluding hydrogens is 701 g/mol. The van der Waals surface area contributed by atoms with Gasteiger partial charge in [0.2, 0.25) is 11.9 Å². The lowest BCUT2D eigenvalue weighted by Gasteiger charge is -2.23. The van der Waals surface area contributed by atoms with E-state index in [1.807, 2.05) is 60.7 Å². The molecule has 0 radical (unpaired) electrons. The fourth-order valence-corrected chi connectivity index (χ4v) is 7.01. The Morgan fingerprint density at radius 2 is 1.48 bits per heavy atom. The molecule has 7 atom stereocenters. The summed E-state index contributed by atoms with van der Waals surface area (Å²) in [5.41, 5.74) is 12.1. The zero-order chi connectivity index (χ0) is 36.2. The highest BCUT2D eigenvalue weighted by molar-refractivity contribution is 7.47. The summed E-state index contributed by atoms with van der Waals surface area (Å²) in [6, 6.07) is 18.8. The fraction of sp³-hybridized carbons (Fsp3) is 0.375. The topological polar surface area (TPSA) is 256 Å². The van der Waals surface area contributed by atoms with Crippen molar-refractivity contribution in [1.82, 2.24) is 34.1 Å². The van der Waals surface area contributed by atoms with Crippen LogP contribution in [0, 0.1) is 0 Å². The molecule has 2 aromatic carbocycles. The number of hydrogen-bond donors (Lipinski definition) is 4. The highest BCUT2D eigenvalue weighted by atomic mass is 31.2. The van der Waals surface area contributed by atoms with Gasteiger partial charge in [0.1, 0.15) is 37.1 Å². The lowest BCUT2D eigenvalue weighted by molar-refractivity contribution is -0.0751. The summed E-state index contributed by atoms with van der Waals surface area (Å²) in [5, 5.41) is 0. The van der Waals surface area contributed by atoms with Crippen LogP contribution < -0.4 is 22.7 Å². The van der Waals surface area contributed by atoms with Crippen LogP contribution >= 0.6 is 7.82 Å². The first kappa shape index (κ1) is 35.5. The molecule has 52 heavy (non-hydrogen) atoms. The smallest absolute Gasteiger partial charge is 0.374 e. The molecule has 0 saturated carbocycles. The van der Waals surface area contributed by atoms with Crippen LogP contribution in [0.5, 0.6) is 0 Å². The molecule has 20 heteroatoms. The quantitative estimate of drug-likeness (QED) is 0.119. The Balaban J connectivity index is 1.06. The SMILES string of the molecule is Nc1ncn([C@H]2C[C@@H](OCc3ccccc3)C(COP(=O)(O)O[C@@H]3C[C@H](n4cnc5c(=O)[nH]c(N)nc54)OC3COCc3ccccc3)O2)c(=O)n1. The molecule has 0 aliphatic carbocycles. The van der Waals surface area contributed by atoms with Crippen molar-refractivity contribution in [1.29, 1.82) is 0 Å². The van der Waals surface area contributed by atoms with E-state index in [2.05, 4.69) is 24.9 Å². The van der Waals surface area contributed by atoms with Crippen LogP contribution in [0.1, 0.15) is 36.4 Å². The van der Waals surface area contributed by atoms with Crippen molar-refractivity contribution in [3.63, 3.8) is 0 Å². The van der Waals surface area contributed by atoms with Gasteiger partial charge in [-0.1, -0.05) is 60.7 Å². The van der Waals surface area contributed by atoms with Crippen LogP contribution in [0.25, 0.3) is 11.2 Å². The number of hydrogen-bond acceptors (Lipinski definition) is 15. The zero-order valence-corrected chi connectivity index (χ0v) is 28.4. The first-order valence-corrected chi connectivity index (χ1v) is 17.8. The Labute approximate surface area is 295 Å². The minimum atomic E-state index is -4.80. The predicted octanol–water partition coefficient (Wildman–Crippen LogP) is 1.82. The van der Waals surface area contributed by atoms with Crippen molar-refractivity contribution in [2.24, 2.45) is 0 Å². The Bertz CT molecular complexity index is 2150. The number of fused-ring (bicyclic) bond motifs is 1. The van der Waals surface area contributed by atoms with E-state index in [0.29, 0.717) is 0 Å². The molecule has 2 aliphatic rings. The predicted molar refractivity (Wildman–Crippen MR) is 182 cm³/mol. The third-order valence-corrected chi connectivity index (χ3v) is 9.56. The number of aromatic nitrogens is 7. The standard InChI is InChI=1S/C32H36N9O10P/c33-30-36-18-41(32(43)39-30)26-11-21(47-14-20-9-5-2-6-10-20)24(50-26)16-48-52(44,45)51-22-12-25(40-17-35-27-28(40)37-31(34)38-29(27)42)49-23(22)15-46-13-19-7-3-1-4-8-19/h1-10,17-18,21-26H,11-16H2,(H,44,45)(H2,33,39,43)(H3,34,37,38,42)/t21-,22-,23?,24?,25-,26-/m1/s1. The highest BCUT2D eigenvalue weighted by Crippen LogP contribution is 2.49. The lowest BCUT2D eigenvalue weighted by atomic mass is 10.1.